The molecule has 1 N–H and O–H groups in total. The third-order valence-corrected chi connectivity index (χ3v) is 4.24. The number of anilines is 1. The van der Waals surface area contributed by atoms with Crippen LogP contribution in [0.15, 0.2) is 22.7 Å². The van der Waals surface area contributed by atoms with Crippen molar-refractivity contribution in [3.05, 3.63) is 28.2 Å². The number of halogens is 1. The molecule has 106 valence electrons. The Morgan fingerprint density at radius 3 is 2.84 bits per heavy atom. The molecule has 1 aliphatic heterocycles. The molecule has 1 fully saturated rings. The van der Waals surface area contributed by atoms with Crippen molar-refractivity contribution in [1.29, 1.82) is 0 Å². The van der Waals surface area contributed by atoms with Crippen LogP contribution in [0.25, 0.3) is 0 Å². The molecule has 2 rings (SSSR count). The van der Waals surface area contributed by atoms with Crippen LogP contribution in [0.2, 0.25) is 0 Å². The number of benzene rings is 1. The fourth-order valence-electron chi connectivity index (χ4n) is 2.73. The highest BCUT2D eigenvalue weighted by Gasteiger charge is 2.23. The second-order valence-electron chi connectivity index (χ2n) is 5.36. The Bertz CT molecular complexity index is 422. The van der Waals surface area contributed by atoms with E-state index in [0.29, 0.717) is 6.04 Å². The normalized spacial score (nSPS) is 20.8. The highest BCUT2D eigenvalue weighted by molar-refractivity contribution is 9.10. The average molecular weight is 326 g/mol. The van der Waals surface area contributed by atoms with E-state index in [2.05, 4.69) is 70.1 Å². The van der Waals surface area contributed by atoms with Gasteiger partial charge < -0.3 is 15.1 Å². The van der Waals surface area contributed by atoms with Gasteiger partial charge in [-0.3, -0.25) is 0 Å². The van der Waals surface area contributed by atoms with E-state index in [9.17, 15) is 0 Å². The van der Waals surface area contributed by atoms with Crippen LogP contribution in [-0.2, 0) is 6.54 Å². The Morgan fingerprint density at radius 2 is 2.16 bits per heavy atom. The van der Waals surface area contributed by atoms with Gasteiger partial charge in [-0.1, -0.05) is 22.9 Å². The summed E-state index contributed by atoms with van der Waals surface area (Å²) in [7, 11) is 2.20. The van der Waals surface area contributed by atoms with Crippen molar-refractivity contribution in [3.8, 4) is 0 Å². The smallest absolute Gasteiger partial charge is 0.0415 e. The second kappa shape index (κ2) is 6.73. The number of hydrogen-bond donors (Lipinski definition) is 1. The van der Waals surface area contributed by atoms with Crippen LogP contribution < -0.4 is 10.2 Å². The summed E-state index contributed by atoms with van der Waals surface area (Å²) in [5.74, 6) is 0. The van der Waals surface area contributed by atoms with Gasteiger partial charge in [-0.15, -0.1) is 0 Å². The highest BCUT2D eigenvalue weighted by Crippen LogP contribution is 2.27. The fourth-order valence-corrected chi connectivity index (χ4v) is 3.14. The maximum Gasteiger partial charge on any atom is 0.0415 e. The Hall–Kier alpha value is -0.580. The van der Waals surface area contributed by atoms with Crippen molar-refractivity contribution in [2.45, 2.75) is 26.4 Å². The average Bonchev–Trinajstić information content (AvgIpc) is 2.37. The zero-order chi connectivity index (χ0) is 13.8. The largest absolute Gasteiger partial charge is 0.366 e. The molecule has 0 amide bonds. The molecule has 0 spiro atoms. The van der Waals surface area contributed by atoms with Gasteiger partial charge in [0.2, 0.25) is 0 Å². The number of nitrogens with one attached hydrogen (secondary N) is 1. The van der Waals surface area contributed by atoms with Gasteiger partial charge in [0.1, 0.15) is 0 Å². The van der Waals surface area contributed by atoms with E-state index in [4.69, 9.17) is 0 Å². The van der Waals surface area contributed by atoms with Crippen molar-refractivity contribution >= 4 is 21.6 Å². The summed E-state index contributed by atoms with van der Waals surface area (Å²) >= 11 is 3.58. The lowest BCUT2D eigenvalue weighted by atomic mass is 10.1. The molecule has 1 atom stereocenters. The summed E-state index contributed by atoms with van der Waals surface area (Å²) in [5, 5.41) is 3.44. The van der Waals surface area contributed by atoms with Crippen molar-refractivity contribution in [2.24, 2.45) is 0 Å². The van der Waals surface area contributed by atoms with Gasteiger partial charge in [-0.2, -0.15) is 0 Å². The lowest BCUT2D eigenvalue weighted by Gasteiger charge is -2.40. The Morgan fingerprint density at radius 1 is 1.37 bits per heavy atom. The summed E-state index contributed by atoms with van der Waals surface area (Å²) in [6.45, 7) is 9.79. The lowest BCUT2D eigenvalue weighted by molar-refractivity contribution is 0.275. The molecule has 4 heteroatoms. The highest BCUT2D eigenvalue weighted by atomic mass is 79.9. The van der Waals surface area contributed by atoms with Gasteiger partial charge in [0.05, 0.1) is 0 Å². The standard InChI is InChI=1S/C15H24BrN3/c1-4-17-10-13-9-14(16)5-6-15(13)19-8-7-18(3)11-12(19)2/h5-6,9,12,17H,4,7-8,10-11H2,1-3H3. The molecule has 0 saturated carbocycles. The number of rotatable bonds is 4. The number of likely N-dealkylation sites (N-methyl/N-ethyl adjacent to an activating group) is 1. The molecule has 0 radical (unpaired) electrons. The van der Waals surface area contributed by atoms with E-state index in [0.717, 1.165) is 37.2 Å². The zero-order valence-corrected chi connectivity index (χ0v) is 13.7. The van der Waals surface area contributed by atoms with Gasteiger partial charge in [0, 0.05) is 42.4 Å². The molecule has 1 saturated heterocycles. The fraction of sp³-hybridized carbons (Fsp3) is 0.600. The quantitative estimate of drug-likeness (QED) is 0.918. The maximum atomic E-state index is 3.58. The molecular formula is C15H24BrN3. The molecule has 1 aromatic rings. The van der Waals surface area contributed by atoms with Gasteiger partial charge in [0.25, 0.3) is 0 Å². The summed E-state index contributed by atoms with van der Waals surface area (Å²) in [6.07, 6.45) is 0. The van der Waals surface area contributed by atoms with Crippen LogP contribution in [0.1, 0.15) is 19.4 Å². The van der Waals surface area contributed by atoms with Gasteiger partial charge in [-0.25, -0.2) is 0 Å². The third kappa shape index (κ3) is 3.71. The predicted octanol–water partition coefficient (Wildman–Crippen LogP) is 2.70. The molecular weight excluding hydrogens is 302 g/mol. The van der Waals surface area contributed by atoms with Gasteiger partial charge in [-0.05, 0) is 44.3 Å². The third-order valence-electron chi connectivity index (χ3n) is 3.75. The first-order chi connectivity index (χ1) is 9.11. The Labute approximate surface area is 125 Å². The first-order valence-electron chi connectivity index (χ1n) is 7.06. The molecule has 3 nitrogen and oxygen atoms in total. The van der Waals surface area contributed by atoms with Gasteiger partial charge >= 0.3 is 0 Å². The van der Waals surface area contributed by atoms with E-state index < -0.39 is 0 Å². The molecule has 1 heterocycles. The van der Waals surface area contributed by atoms with Crippen LogP contribution in [0.4, 0.5) is 5.69 Å². The number of piperazine rings is 1. The lowest BCUT2D eigenvalue weighted by Crippen LogP contribution is -2.50. The summed E-state index contributed by atoms with van der Waals surface area (Å²) < 4.78 is 1.16. The van der Waals surface area contributed by atoms with Crippen LogP contribution in [0.3, 0.4) is 0 Å². The molecule has 0 bridgehead atoms. The van der Waals surface area contributed by atoms with Crippen LogP contribution >= 0.6 is 15.9 Å². The number of nitrogens with zero attached hydrogens (tertiary/aromatic N) is 2. The van der Waals surface area contributed by atoms with Gasteiger partial charge in [0.15, 0.2) is 0 Å². The first-order valence-corrected chi connectivity index (χ1v) is 7.85. The van der Waals surface area contributed by atoms with Crippen molar-refractivity contribution in [3.63, 3.8) is 0 Å². The molecule has 1 aromatic carbocycles. The minimum atomic E-state index is 0.570. The summed E-state index contributed by atoms with van der Waals surface area (Å²) in [4.78, 5) is 4.95. The first kappa shape index (κ1) is 14.8. The van der Waals surface area contributed by atoms with Crippen molar-refractivity contribution in [1.82, 2.24) is 10.2 Å². The minimum absolute atomic E-state index is 0.570. The maximum absolute atomic E-state index is 3.58. The van der Waals surface area contributed by atoms with Crippen molar-refractivity contribution < 1.29 is 0 Å². The minimum Gasteiger partial charge on any atom is -0.366 e. The molecule has 1 unspecified atom stereocenters. The predicted molar refractivity (Wildman–Crippen MR) is 85.8 cm³/mol. The van der Waals surface area contributed by atoms with Crippen LogP contribution in [0, 0.1) is 0 Å². The van der Waals surface area contributed by atoms with E-state index in [1.807, 2.05) is 0 Å². The SMILES string of the molecule is CCNCc1cc(Br)ccc1N1CCN(C)CC1C. The zero-order valence-electron chi connectivity index (χ0n) is 12.1. The van der Waals surface area contributed by atoms with E-state index in [1.165, 1.54) is 11.3 Å². The molecule has 0 aromatic heterocycles. The number of hydrogen-bond acceptors (Lipinski definition) is 3. The van der Waals surface area contributed by atoms with E-state index in [-0.39, 0.29) is 0 Å². The second-order valence-corrected chi connectivity index (χ2v) is 6.27. The monoisotopic (exact) mass is 325 g/mol. The molecule has 1 aliphatic rings. The van der Waals surface area contributed by atoms with Crippen LogP contribution in [0.5, 0.6) is 0 Å². The molecule has 0 aliphatic carbocycles. The van der Waals surface area contributed by atoms with Crippen LogP contribution in [-0.4, -0.2) is 44.2 Å². The summed E-state index contributed by atoms with van der Waals surface area (Å²) in [5.41, 5.74) is 2.76. The topological polar surface area (TPSA) is 18.5 Å². The molecule has 19 heavy (non-hydrogen) atoms. The van der Waals surface area contributed by atoms with E-state index in [1.54, 1.807) is 0 Å². The summed E-state index contributed by atoms with van der Waals surface area (Å²) in [6, 6.07) is 7.21. The Balaban J connectivity index is 2.22. The van der Waals surface area contributed by atoms with Crippen molar-refractivity contribution in [2.75, 3.05) is 38.1 Å². The van der Waals surface area contributed by atoms with E-state index >= 15 is 0 Å². The Kier molecular flexibility index (Phi) is 5.25.